The van der Waals surface area contributed by atoms with Crippen molar-refractivity contribution >= 4 is 34.5 Å². The summed E-state index contributed by atoms with van der Waals surface area (Å²) in [6, 6.07) is 7.35. The molecule has 1 aromatic carbocycles. The molecule has 0 saturated carbocycles. The lowest BCUT2D eigenvalue weighted by Crippen LogP contribution is -2.23. The second-order valence-electron chi connectivity index (χ2n) is 7.02. The van der Waals surface area contributed by atoms with Crippen LogP contribution in [-0.4, -0.2) is 41.3 Å². The first-order valence-corrected chi connectivity index (χ1v) is 10.5. The van der Waals surface area contributed by atoms with Gasteiger partial charge in [-0.05, 0) is 23.8 Å². The highest BCUT2D eigenvalue weighted by Crippen LogP contribution is 2.39. The molecule has 0 radical (unpaired) electrons. The minimum Gasteiger partial charge on any atom is -0.493 e. The van der Waals surface area contributed by atoms with Gasteiger partial charge in [0.1, 0.15) is 0 Å². The van der Waals surface area contributed by atoms with E-state index in [0.717, 1.165) is 16.1 Å². The average Bonchev–Trinajstić information content (AvgIpc) is 3.31. The van der Waals surface area contributed by atoms with Crippen LogP contribution in [-0.2, 0) is 6.54 Å². The second kappa shape index (κ2) is 8.59. The van der Waals surface area contributed by atoms with E-state index in [9.17, 15) is 4.79 Å². The van der Waals surface area contributed by atoms with Crippen LogP contribution in [0.3, 0.4) is 0 Å². The first-order valence-electron chi connectivity index (χ1n) is 9.34. The number of nitrogens with zero attached hydrogens (tertiary/aromatic N) is 3. The van der Waals surface area contributed by atoms with Crippen molar-refractivity contribution in [3.05, 3.63) is 52.1 Å². The van der Waals surface area contributed by atoms with E-state index in [1.54, 1.807) is 36.5 Å². The van der Waals surface area contributed by atoms with Gasteiger partial charge in [0.05, 0.1) is 35.0 Å². The maximum atomic E-state index is 13.0. The number of hydrogen-bond acceptors (Lipinski definition) is 7. The van der Waals surface area contributed by atoms with Crippen molar-refractivity contribution in [3.8, 4) is 22.2 Å². The number of carbonyl (C=O) groups excluding carboxylic acids is 1. The van der Waals surface area contributed by atoms with Gasteiger partial charge in [-0.3, -0.25) is 4.79 Å². The van der Waals surface area contributed by atoms with Crippen molar-refractivity contribution in [2.45, 2.75) is 13.5 Å². The van der Waals surface area contributed by atoms with Crippen LogP contribution in [0.25, 0.3) is 10.7 Å². The van der Waals surface area contributed by atoms with Gasteiger partial charge in [-0.2, -0.15) is 0 Å². The Hall–Kier alpha value is -2.68. The van der Waals surface area contributed by atoms with Gasteiger partial charge in [-0.25, -0.2) is 9.97 Å². The highest BCUT2D eigenvalue weighted by Gasteiger charge is 2.32. The van der Waals surface area contributed by atoms with Crippen LogP contribution in [0.2, 0.25) is 5.02 Å². The number of benzene rings is 1. The SMILES string of the molecule is COc1cc(N2Cc3cc(-c4ncc(Cl)cn4)sc3C2=O)ccc1OCC(C)CO. The largest absolute Gasteiger partial charge is 0.493 e. The number of thiophene rings is 1. The summed E-state index contributed by atoms with van der Waals surface area (Å²) < 4.78 is 11.2. The highest BCUT2D eigenvalue weighted by molar-refractivity contribution is 7.17. The van der Waals surface area contributed by atoms with E-state index < -0.39 is 0 Å². The molecule has 156 valence electrons. The average molecular weight is 446 g/mol. The van der Waals surface area contributed by atoms with Crippen molar-refractivity contribution in [2.75, 3.05) is 25.2 Å². The predicted molar refractivity (Wildman–Crippen MR) is 116 cm³/mol. The van der Waals surface area contributed by atoms with Crippen molar-refractivity contribution in [1.82, 2.24) is 9.97 Å². The third-order valence-corrected chi connectivity index (χ3v) is 6.07. The molecule has 1 N–H and O–H groups in total. The Morgan fingerprint density at radius 1 is 1.27 bits per heavy atom. The van der Waals surface area contributed by atoms with Gasteiger partial charge in [-0.15, -0.1) is 11.3 Å². The van der Waals surface area contributed by atoms with Gasteiger partial charge in [0.25, 0.3) is 5.91 Å². The molecule has 1 unspecified atom stereocenters. The highest BCUT2D eigenvalue weighted by atomic mass is 35.5. The molecule has 1 amide bonds. The monoisotopic (exact) mass is 445 g/mol. The van der Waals surface area contributed by atoms with Crippen LogP contribution < -0.4 is 14.4 Å². The summed E-state index contributed by atoms with van der Waals surface area (Å²) in [5, 5.41) is 9.63. The number of rotatable bonds is 7. The lowest BCUT2D eigenvalue weighted by atomic mass is 10.2. The van der Waals surface area contributed by atoms with Gasteiger partial charge >= 0.3 is 0 Å². The fraction of sp³-hybridized carbons (Fsp3) is 0.286. The van der Waals surface area contributed by atoms with Crippen molar-refractivity contribution in [2.24, 2.45) is 5.92 Å². The molecule has 0 fully saturated rings. The Morgan fingerprint density at radius 3 is 2.70 bits per heavy atom. The van der Waals surface area contributed by atoms with Gasteiger partial charge in [0.15, 0.2) is 17.3 Å². The third kappa shape index (κ3) is 3.98. The molecular formula is C21H20ClN3O4S. The maximum Gasteiger partial charge on any atom is 0.269 e. The second-order valence-corrected chi connectivity index (χ2v) is 8.50. The van der Waals surface area contributed by atoms with Crippen LogP contribution in [0.1, 0.15) is 22.2 Å². The minimum absolute atomic E-state index is 0.0179. The zero-order valence-electron chi connectivity index (χ0n) is 16.5. The molecule has 0 spiro atoms. The molecule has 3 heterocycles. The Bertz CT molecular complexity index is 1070. The van der Waals surface area contributed by atoms with E-state index in [1.807, 2.05) is 19.1 Å². The topological polar surface area (TPSA) is 84.8 Å². The summed E-state index contributed by atoms with van der Waals surface area (Å²) in [6.07, 6.45) is 3.08. The number of aromatic nitrogens is 2. The number of hydrogen-bond donors (Lipinski definition) is 1. The predicted octanol–water partition coefficient (Wildman–Crippen LogP) is 4.03. The van der Waals surface area contributed by atoms with Gasteiger partial charge in [0.2, 0.25) is 0 Å². The lowest BCUT2D eigenvalue weighted by molar-refractivity contribution is 0.1000. The Kier molecular flexibility index (Phi) is 5.90. The van der Waals surface area contributed by atoms with Crippen molar-refractivity contribution in [3.63, 3.8) is 0 Å². The van der Waals surface area contributed by atoms with Crippen LogP contribution in [0.5, 0.6) is 11.5 Å². The molecule has 0 bridgehead atoms. The summed E-state index contributed by atoms with van der Waals surface area (Å²) in [7, 11) is 1.56. The number of fused-ring (bicyclic) bond motifs is 1. The van der Waals surface area contributed by atoms with E-state index in [2.05, 4.69) is 9.97 Å². The fourth-order valence-electron chi connectivity index (χ4n) is 3.08. The molecule has 1 aliphatic heterocycles. The molecule has 30 heavy (non-hydrogen) atoms. The first kappa shape index (κ1) is 20.6. The Labute approximate surface area is 182 Å². The number of methoxy groups -OCH3 is 1. The summed E-state index contributed by atoms with van der Waals surface area (Å²) in [6.45, 7) is 2.78. The lowest BCUT2D eigenvalue weighted by Gasteiger charge is -2.19. The molecule has 7 nitrogen and oxygen atoms in total. The molecule has 3 aromatic rings. The maximum absolute atomic E-state index is 13.0. The summed E-state index contributed by atoms with van der Waals surface area (Å²) in [5.74, 6) is 1.61. The molecule has 0 saturated heterocycles. The van der Waals surface area contributed by atoms with Gasteiger partial charge in [0, 0.05) is 36.7 Å². The third-order valence-electron chi connectivity index (χ3n) is 4.71. The zero-order chi connectivity index (χ0) is 21.3. The van der Waals surface area contributed by atoms with Crippen molar-refractivity contribution < 1.29 is 19.4 Å². The molecule has 1 atom stereocenters. The molecule has 1 aliphatic rings. The number of amides is 1. The fourth-order valence-corrected chi connectivity index (χ4v) is 4.25. The van der Waals surface area contributed by atoms with E-state index >= 15 is 0 Å². The number of ether oxygens (including phenoxy) is 2. The van der Waals surface area contributed by atoms with E-state index in [4.69, 9.17) is 26.2 Å². The quantitative estimate of drug-likeness (QED) is 0.591. The molecule has 2 aromatic heterocycles. The summed E-state index contributed by atoms with van der Waals surface area (Å²) in [5.41, 5.74) is 1.67. The van der Waals surface area contributed by atoms with Crippen LogP contribution in [0, 0.1) is 5.92 Å². The Morgan fingerprint density at radius 2 is 2.03 bits per heavy atom. The number of aliphatic hydroxyl groups is 1. The van der Waals surface area contributed by atoms with Crippen LogP contribution >= 0.6 is 22.9 Å². The minimum atomic E-state index is -0.0696. The number of halogens is 1. The number of aliphatic hydroxyl groups excluding tert-OH is 1. The van der Waals surface area contributed by atoms with Crippen LogP contribution in [0.4, 0.5) is 5.69 Å². The molecule has 9 heteroatoms. The Balaban J connectivity index is 1.54. The normalized spacial score (nSPS) is 14.0. The van der Waals surface area contributed by atoms with E-state index in [1.165, 1.54) is 11.3 Å². The molecule has 4 rings (SSSR count). The van der Waals surface area contributed by atoms with Gasteiger partial charge in [-0.1, -0.05) is 18.5 Å². The standard InChI is InChI=1S/C21H20ClN3O4S/c1-12(10-26)11-29-16-4-3-15(6-17(16)28-2)25-9-13-5-18(30-19(13)21(25)27)20-23-7-14(22)8-24-20/h3-8,12,26H,9-11H2,1-2H3. The molecular weight excluding hydrogens is 426 g/mol. The smallest absolute Gasteiger partial charge is 0.269 e. The summed E-state index contributed by atoms with van der Waals surface area (Å²) >= 11 is 7.23. The number of anilines is 1. The van der Waals surface area contributed by atoms with E-state index in [0.29, 0.717) is 40.4 Å². The van der Waals surface area contributed by atoms with Crippen molar-refractivity contribution in [1.29, 1.82) is 0 Å². The number of carbonyl (C=O) groups is 1. The van der Waals surface area contributed by atoms with Gasteiger partial charge < -0.3 is 19.5 Å². The molecule has 0 aliphatic carbocycles. The summed E-state index contributed by atoms with van der Waals surface area (Å²) in [4.78, 5) is 24.7. The van der Waals surface area contributed by atoms with E-state index in [-0.39, 0.29) is 18.4 Å². The zero-order valence-corrected chi connectivity index (χ0v) is 18.0. The first-order chi connectivity index (χ1) is 14.5. The van der Waals surface area contributed by atoms with Crippen LogP contribution in [0.15, 0.2) is 36.7 Å².